The number of methoxy groups -OCH3 is 2. The van der Waals surface area contributed by atoms with E-state index in [9.17, 15) is 22.4 Å². The summed E-state index contributed by atoms with van der Waals surface area (Å²) < 4.78 is 58.0. The maximum absolute atomic E-state index is 14.1. The van der Waals surface area contributed by atoms with Gasteiger partial charge in [-0.05, 0) is 77.9 Å². The number of nitrogens with zero attached hydrogens (tertiary/aromatic N) is 1. The Bertz CT molecular complexity index is 2010. The van der Waals surface area contributed by atoms with Crippen molar-refractivity contribution < 1.29 is 36.6 Å². The highest BCUT2D eigenvalue weighted by molar-refractivity contribution is 7.92. The van der Waals surface area contributed by atoms with Crippen LogP contribution in [0.4, 0.5) is 10.1 Å². The van der Waals surface area contributed by atoms with Crippen LogP contribution in [0.5, 0.6) is 17.2 Å². The zero-order valence-corrected chi connectivity index (χ0v) is 28.9. The maximum Gasteiger partial charge on any atom is 0.261 e. The number of amides is 2. The molecule has 51 heavy (non-hydrogen) atoms. The third-order valence-electron chi connectivity index (χ3n) is 8.02. The van der Waals surface area contributed by atoms with Gasteiger partial charge in [0.15, 0.2) is 6.61 Å². The van der Waals surface area contributed by atoms with Gasteiger partial charge in [-0.2, -0.15) is 0 Å². The Morgan fingerprint density at radius 1 is 0.745 bits per heavy atom. The molecule has 1 atom stereocenters. The second-order valence-electron chi connectivity index (χ2n) is 11.5. The molecule has 0 heterocycles. The van der Waals surface area contributed by atoms with Crippen LogP contribution in [-0.4, -0.2) is 52.0 Å². The third kappa shape index (κ3) is 10.1. The van der Waals surface area contributed by atoms with E-state index in [0.29, 0.717) is 11.5 Å². The van der Waals surface area contributed by atoms with Crippen LogP contribution < -0.4 is 24.2 Å². The highest BCUT2D eigenvalue weighted by Gasteiger charge is 2.31. The number of benzene rings is 5. The number of carbonyl (C=O) groups is 2. The van der Waals surface area contributed by atoms with Crippen molar-refractivity contribution >= 4 is 27.5 Å². The van der Waals surface area contributed by atoms with Crippen LogP contribution in [0.15, 0.2) is 132 Å². The molecule has 12 heteroatoms. The van der Waals surface area contributed by atoms with Crippen molar-refractivity contribution in [2.75, 3.05) is 25.5 Å². The number of anilines is 1. The van der Waals surface area contributed by atoms with E-state index < -0.39 is 34.4 Å². The van der Waals surface area contributed by atoms with Crippen LogP contribution in [0.3, 0.4) is 0 Å². The summed E-state index contributed by atoms with van der Waals surface area (Å²) in [6.45, 7) is -0.153. The summed E-state index contributed by atoms with van der Waals surface area (Å²) in [5.41, 5.74) is 2.61. The Kier molecular flexibility index (Phi) is 12.3. The average Bonchev–Trinajstić information content (AvgIpc) is 3.16. The number of rotatable bonds is 16. The molecule has 0 aromatic heterocycles. The monoisotopic (exact) mass is 711 g/mol. The van der Waals surface area contributed by atoms with Gasteiger partial charge in [0.1, 0.15) is 29.1 Å². The molecule has 0 spiro atoms. The van der Waals surface area contributed by atoms with E-state index in [0.717, 1.165) is 28.8 Å². The number of para-hydroxylation sites is 1. The molecular formula is C39H38FN3O7S. The fraction of sp³-hybridized carbons (Fsp3) is 0.179. The van der Waals surface area contributed by atoms with E-state index in [2.05, 4.69) is 10.0 Å². The lowest BCUT2D eigenvalue weighted by molar-refractivity contribution is -0.142. The quantitative estimate of drug-likeness (QED) is 0.129. The minimum absolute atomic E-state index is 0.0544. The Morgan fingerprint density at radius 3 is 2.06 bits per heavy atom. The van der Waals surface area contributed by atoms with E-state index in [1.807, 2.05) is 66.7 Å². The van der Waals surface area contributed by atoms with Crippen molar-refractivity contribution in [3.8, 4) is 17.2 Å². The van der Waals surface area contributed by atoms with Gasteiger partial charge in [-0.25, -0.2) is 12.8 Å². The van der Waals surface area contributed by atoms with Gasteiger partial charge in [0.2, 0.25) is 5.91 Å². The number of sulfonamides is 1. The first-order chi connectivity index (χ1) is 24.6. The number of hydrogen-bond acceptors (Lipinski definition) is 7. The Morgan fingerprint density at radius 2 is 1.39 bits per heavy atom. The van der Waals surface area contributed by atoms with Gasteiger partial charge < -0.3 is 24.4 Å². The molecule has 0 saturated heterocycles. The van der Waals surface area contributed by atoms with Crippen LogP contribution >= 0.6 is 0 Å². The molecule has 264 valence electrons. The largest absolute Gasteiger partial charge is 0.497 e. The Labute approximate surface area is 296 Å². The predicted octanol–water partition coefficient (Wildman–Crippen LogP) is 5.98. The van der Waals surface area contributed by atoms with Crippen LogP contribution in [0.2, 0.25) is 0 Å². The molecule has 2 N–H and O–H groups in total. The fourth-order valence-corrected chi connectivity index (χ4v) is 6.36. The molecule has 2 amide bonds. The van der Waals surface area contributed by atoms with Crippen molar-refractivity contribution in [1.82, 2.24) is 10.2 Å². The number of carbonyl (C=O) groups excluding carboxylic acids is 2. The minimum atomic E-state index is -3.97. The minimum Gasteiger partial charge on any atom is -0.497 e. The van der Waals surface area contributed by atoms with Gasteiger partial charge in [-0.15, -0.1) is 0 Å². The van der Waals surface area contributed by atoms with Crippen molar-refractivity contribution in [3.05, 3.63) is 150 Å². The molecule has 5 aromatic rings. The van der Waals surface area contributed by atoms with Crippen LogP contribution in [0, 0.1) is 5.82 Å². The number of hydrogen-bond donors (Lipinski definition) is 2. The second-order valence-corrected chi connectivity index (χ2v) is 13.2. The summed E-state index contributed by atoms with van der Waals surface area (Å²) in [5.74, 6) is 0.199. The topological polar surface area (TPSA) is 123 Å². The fourth-order valence-electron chi connectivity index (χ4n) is 5.31. The lowest BCUT2D eigenvalue weighted by atomic mass is 10.0. The van der Waals surface area contributed by atoms with Crippen molar-refractivity contribution in [2.24, 2.45) is 0 Å². The normalized spacial score (nSPS) is 11.6. The van der Waals surface area contributed by atoms with Gasteiger partial charge in [0, 0.05) is 30.8 Å². The maximum atomic E-state index is 14.1. The molecule has 0 aliphatic rings. The van der Waals surface area contributed by atoms with E-state index in [4.69, 9.17) is 14.2 Å². The molecule has 5 rings (SSSR count). The molecule has 10 nitrogen and oxygen atoms in total. The van der Waals surface area contributed by atoms with Crippen LogP contribution in [-0.2, 0) is 39.1 Å². The molecule has 0 fully saturated rings. The van der Waals surface area contributed by atoms with Gasteiger partial charge in [0.05, 0.1) is 19.1 Å². The summed E-state index contributed by atoms with van der Waals surface area (Å²) in [4.78, 5) is 29.5. The predicted molar refractivity (Wildman–Crippen MR) is 191 cm³/mol. The Hall–Kier alpha value is -5.88. The molecule has 0 aliphatic carbocycles. The molecular weight excluding hydrogens is 674 g/mol. The summed E-state index contributed by atoms with van der Waals surface area (Å²) in [6.07, 6.45) is 0.230. The molecule has 5 aromatic carbocycles. The van der Waals surface area contributed by atoms with Gasteiger partial charge in [-0.1, -0.05) is 60.7 Å². The van der Waals surface area contributed by atoms with Gasteiger partial charge >= 0.3 is 0 Å². The van der Waals surface area contributed by atoms with Crippen molar-refractivity contribution in [1.29, 1.82) is 0 Å². The smallest absolute Gasteiger partial charge is 0.261 e. The van der Waals surface area contributed by atoms with Gasteiger partial charge in [-0.3, -0.25) is 14.3 Å². The standard InChI is InChI=1S/C39H38FN3O7S/c1-48-33-18-12-29(13-19-33)26-43(36(24-28-8-4-3-5-9-28)39(45)41-25-30-10-6-7-11-37(30)49-2)38(44)27-50-34-20-22-35(23-21-34)51(46,47)42-32-16-14-31(40)15-17-32/h3-23,36,42H,24-27H2,1-2H3,(H,41,45)/t36-/m1/s1. The molecule has 0 saturated carbocycles. The zero-order valence-electron chi connectivity index (χ0n) is 28.1. The van der Waals surface area contributed by atoms with Gasteiger partial charge in [0.25, 0.3) is 15.9 Å². The molecule has 0 radical (unpaired) electrons. The first kappa shape index (κ1) is 36.4. The SMILES string of the molecule is COc1ccc(CN(C(=O)COc2ccc(S(=O)(=O)Nc3ccc(F)cc3)cc2)[C@H](Cc2ccccc2)C(=O)NCc2ccccc2OC)cc1. The first-order valence-corrected chi connectivity index (χ1v) is 17.5. The second kappa shape index (κ2) is 17.2. The lowest BCUT2D eigenvalue weighted by Crippen LogP contribution is -2.51. The van der Waals surface area contributed by atoms with E-state index >= 15 is 0 Å². The number of nitrogens with one attached hydrogen (secondary N) is 2. The van der Waals surface area contributed by atoms with E-state index in [1.165, 1.54) is 41.3 Å². The van der Waals surface area contributed by atoms with Crippen LogP contribution in [0.1, 0.15) is 16.7 Å². The number of halogens is 1. The molecule has 0 unspecified atom stereocenters. The average molecular weight is 712 g/mol. The summed E-state index contributed by atoms with van der Waals surface area (Å²) in [6, 6.07) is 33.5. The molecule has 0 bridgehead atoms. The van der Waals surface area contributed by atoms with E-state index in [-0.39, 0.29) is 41.7 Å². The lowest BCUT2D eigenvalue weighted by Gasteiger charge is -2.31. The zero-order chi connectivity index (χ0) is 36.2. The van der Waals surface area contributed by atoms with E-state index in [1.54, 1.807) is 26.4 Å². The van der Waals surface area contributed by atoms with Crippen LogP contribution in [0.25, 0.3) is 0 Å². The van der Waals surface area contributed by atoms with Crippen molar-refractivity contribution in [2.45, 2.75) is 30.4 Å². The third-order valence-corrected chi connectivity index (χ3v) is 9.42. The summed E-state index contributed by atoms with van der Waals surface area (Å²) in [7, 11) is -0.848. The summed E-state index contributed by atoms with van der Waals surface area (Å²) in [5, 5.41) is 2.99. The summed E-state index contributed by atoms with van der Waals surface area (Å²) >= 11 is 0. The Balaban J connectivity index is 1.37. The first-order valence-electron chi connectivity index (χ1n) is 16.0. The van der Waals surface area contributed by atoms with Crippen molar-refractivity contribution in [3.63, 3.8) is 0 Å². The highest BCUT2D eigenvalue weighted by Crippen LogP contribution is 2.22. The molecule has 0 aliphatic heterocycles. The number of ether oxygens (including phenoxy) is 3. The highest BCUT2D eigenvalue weighted by atomic mass is 32.2.